The summed E-state index contributed by atoms with van der Waals surface area (Å²) in [6, 6.07) is 7.89. The van der Waals surface area contributed by atoms with Crippen molar-refractivity contribution in [2.24, 2.45) is 5.92 Å². The van der Waals surface area contributed by atoms with Crippen molar-refractivity contribution in [3.05, 3.63) is 63.2 Å². The lowest BCUT2D eigenvalue weighted by Crippen LogP contribution is -2.52. The van der Waals surface area contributed by atoms with Gasteiger partial charge < -0.3 is 24.2 Å². The lowest BCUT2D eigenvalue weighted by molar-refractivity contribution is -0.151. The highest BCUT2D eigenvalue weighted by atomic mass is 31.2. The molecule has 0 spiro atoms. The van der Waals surface area contributed by atoms with Gasteiger partial charge >= 0.3 is 19.3 Å². The first-order valence-electron chi connectivity index (χ1n) is 12.1. The second-order valence-corrected chi connectivity index (χ2v) is 11.5. The summed E-state index contributed by atoms with van der Waals surface area (Å²) in [6.07, 6.45) is -7.58. The fourth-order valence-corrected chi connectivity index (χ4v) is 6.13. The van der Waals surface area contributed by atoms with Gasteiger partial charge in [0.2, 0.25) is 5.82 Å². The number of esters is 1. The summed E-state index contributed by atoms with van der Waals surface area (Å²) < 4.78 is 64.3. The van der Waals surface area contributed by atoms with Crippen molar-refractivity contribution in [2.45, 2.75) is 63.9 Å². The number of aliphatic hydroxyl groups excluding tert-OH is 1. The molecule has 216 valence electrons. The Balaban J connectivity index is 1.91. The molecule has 3 rings (SSSR count). The van der Waals surface area contributed by atoms with Gasteiger partial charge in [-0.25, -0.2) is 13.8 Å². The van der Waals surface area contributed by atoms with E-state index in [-0.39, 0.29) is 5.75 Å². The summed E-state index contributed by atoms with van der Waals surface area (Å²) in [5.74, 6) is -2.91. The Morgan fingerprint density at radius 1 is 1.23 bits per heavy atom. The molecule has 0 saturated carbocycles. The molecular formula is C24H31F2N2O10P. The number of ether oxygens (including phenoxy) is 2. The second-order valence-electron chi connectivity index (χ2n) is 9.56. The lowest BCUT2D eigenvalue weighted by Gasteiger charge is -2.30. The molecule has 1 aromatic heterocycles. The third-order valence-corrected chi connectivity index (χ3v) is 8.09. The van der Waals surface area contributed by atoms with Gasteiger partial charge in [0.1, 0.15) is 24.6 Å². The standard InChI is InChI=1S/C24H31F2N2O10P/c1-13(2)35-21(31)14(3)11-39(34,38-16-8-6-5-7-9-16)37-15(4)18-19(29)24(33,12-25)22(36-18)28-10-17(26)20(30)27-23(28)32/h5-10,13-15,18-19,22,29,33H,11-12H2,1-4H3,(H,27,30,32)/t14-,15+,18-,19+,22-,24?,39+/m1/s1. The van der Waals surface area contributed by atoms with Crippen molar-refractivity contribution in [1.29, 1.82) is 0 Å². The van der Waals surface area contributed by atoms with Crippen LogP contribution in [0.15, 0.2) is 46.1 Å². The summed E-state index contributed by atoms with van der Waals surface area (Å²) in [7, 11) is -4.24. The predicted octanol–water partition coefficient (Wildman–Crippen LogP) is 1.90. The highest BCUT2D eigenvalue weighted by molar-refractivity contribution is 7.54. The highest BCUT2D eigenvalue weighted by Gasteiger charge is 2.59. The Morgan fingerprint density at radius 2 is 1.87 bits per heavy atom. The van der Waals surface area contributed by atoms with Gasteiger partial charge in [-0.3, -0.25) is 23.7 Å². The van der Waals surface area contributed by atoms with Gasteiger partial charge in [-0.05, 0) is 32.9 Å². The van der Waals surface area contributed by atoms with E-state index in [1.807, 2.05) is 0 Å². The van der Waals surface area contributed by atoms with Crippen LogP contribution in [0.5, 0.6) is 5.75 Å². The largest absolute Gasteiger partial charge is 0.463 e. The monoisotopic (exact) mass is 576 g/mol. The molecule has 0 radical (unpaired) electrons. The van der Waals surface area contributed by atoms with Crippen LogP contribution >= 0.6 is 7.60 Å². The quantitative estimate of drug-likeness (QED) is 0.266. The Bertz CT molecular complexity index is 1320. The third kappa shape index (κ3) is 6.82. The Labute approximate surface area is 222 Å². The van der Waals surface area contributed by atoms with E-state index >= 15 is 0 Å². The molecule has 1 saturated heterocycles. The molecule has 1 aliphatic rings. The molecule has 2 heterocycles. The van der Waals surface area contributed by atoms with Crippen molar-refractivity contribution >= 4 is 13.6 Å². The maximum atomic E-state index is 14.1. The number of aromatic nitrogens is 2. The van der Waals surface area contributed by atoms with Crippen LogP contribution in [0.4, 0.5) is 8.78 Å². The van der Waals surface area contributed by atoms with Crippen LogP contribution in [0.25, 0.3) is 0 Å². The highest BCUT2D eigenvalue weighted by Crippen LogP contribution is 2.53. The summed E-state index contributed by atoms with van der Waals surface area (Å²) in [4.78, 5) is 37.7. The minimum atomic E-state index is -4.24. The second kappa shape index (κ2) is 12.1. The number of nitrogens with zero attached hydrogens (tertiary/aromatic N) is 1. The van der Waals surface area contributed by atoms with Crippen LogP contribution in [0.3, 0.4) is 0 Å². The van der Waals surface area contributed by atoms with Crippen molar-refractivity contribution in [2.75, 3.05) is 12.8 Å². The molecule has 1 aliphatic heterocycles. The SMILES string of the molecule is CC(C)OC(=O)[C@H](C)C[P@@](=O)(Oc1ccccc1)O[C@@H](C)[C@H]1O[C@@H](n2cc(F)c(=O)[nH]c2=O)C(O)(CF)[C@H]1O. The zero-order valence-electron chi connectivity index (χ0n) is 21.7. The van der Waals surface area contributed by atoms with E-state index < -0.39 is 85.6 Å². The number of alkyl halides is 1. The van der Waals surface area contributed by atoms with Gasteiger partial charge in [0.15, 0.2) is 11.8 Å². The number of H-pyrrole nitrogens is 1. The number of carbonyl (C=O) groups is 1. The summed E-state index contributed by atoms with van der Waals surface area (Å²) in [6.45, 7) is 4.37. The van der Waals surface area contributed by atoms with Crippen LogP contribution in [0.1, 0.15) is 33.9 Å². The first-order chi connectivity index (χ1) is 18.2. The molecule has 1 unspecified atom stereocenters. The minimum Gasteiger partial charge on any atom is -0.463 e. The van der Waals surface area contributed by atoms with E-state index in [0.717, 1.165) is 0 Å². The maximum Gasteiger partial charge on any atom is 0.380 e. The number of para-hydroxylation sites is 1. The molecule has 15 heteroatoms. The van der Waals surface area contributed by atoms with Crippen LogP contribution in [0, 0.1) is 11.7 Å². The van der Waals surface area contributed by atoms with Gasteiger partial charge in [0.05, 0.1) is 30.5 Å². The maximum absolute atomic E-state index is 14.1. The number of nitrogens with one attached hydrogen (secondary N) is 1. The molecule has 7 atom stereocenters. The molecule has 12 nitrogen and oxygen atoms in total. The van der Waals surface area contributed by atoms with E-state index in [0.29, 0.717) is 10.8 Å². The van der Waals surface area contributed by atoms with Crippen LogP contribution in [-0.4, -0.2) is 68.6 Å². The van der Waals surface area contributed by atoms with Crippen molar-refractivity contribution in [1.82, 2.24) is 9.55 Å². The predicted molar refractivity (Wildman–Crippen MR) is 133 cm³/mol. The van der Waals surface area contributed by atoms with E-state index in [2.05, 4.69) is 0 Å². The van der Waals surface area contributed by atoms with Crippen LogP contribution < -0.4 is 15.8 Å². The molecule has 0 aliphatic carbocycles. The number of halogens is 2. The van der Waals surface area contributed by atoms with Gasteiger partial charge in [-0.2, -0.15) is 4.39 Å². The van der Waals surface area contributed by atoms with Gasteiger partial charge in [0.25, 0.3) is 5.56 Å². The first kappa shape index (κ1) is 30.6. The number of carbonyl (C=O) groups excluding carboxylic acids is 1. The van der Waals surface area contributed by atoms with Crippen molar-refractivity contribution in [3.8, 4) is 5.75 Å². The average molecular weight is 576 g/mol. The molecular weight excluding hydrogens is 545 g/mol. The number of rotatable bonds is 11. The lowest BCUT2D eigenvalue weighted by atomic mass is 9.93. The molecule has 3 N–H and O–H groups in total. The molecule has 1 aromatic carbocycles. The Hall–Kier alpha value is -2.90. The normalized spacial score (nSPS) is 26.1. The van der Waals surface area contributed by atoms with Crippen molar-refractivity contribution in [3.63, 3.8) is 0 Å². The van der Waals surface area contributed by atoms with E-state index in [9.17, 15) is 37.9 Å². The minimum absolute atomic E-state index is 0.138. The molecule has 2 aromatic rings. The number of aromatic amines is 1. The fourth-order valence-electron chi connectivity index (χ4n) is 4.04. The summed E-state index contributed by atoms with van der Waals surface area (Å²) in [5.41, 5.74) is -5.37. The zero-order chi connectivity index (χ0) is 29.1. The zero-order valence-corrected chi connectivity index (χ0v) is 22.5. The summed E-state index contributed by atoms with van der Waals surface area (Å²) in [5, 5.41) is 21.7. The first-order valence-corrected chi connectivity index (χ1v) is 13.8. The topological polar surface area (TPSA) is 166 Å². The average Bonchev–Trinajstić information content (AvgIpc) is 3.12. The third-order valence-electron chi connectivity index (χ3n) is 5.96. The molecule has 39 heavy (non-hydrogen) atoms. The van der Waals surface area contributed by atoms with Gasteiger partial charge in [0, 0.05) is 0 Å². The molecule has 0 amide bonds. The van der Waals surface area contributed by atoms with Gasteiger partial charge in [-0.15, -0.1) is 0 Å². The Morgan fingerprint density at radius 3 is 2.46 bits per heavy atom. The van der Waals surface area contributed by atoms with Crippen LogP contribution in [0.2, 0.25) is 0 Å². The van der Waals surface area contributed by atoms with Crippen molar-refractivity contribution < 1.29 is 46.9 Å². The van der Waals surface area contributed by atoms with Crippen LogP contribution in [-0.2, 0) is 23.4 Å². The number of benzene rings is 1. The van der Waals surface area contributed by atoms with E-state index in [1.54, 1.807) is 37.0 Å². The van der Waals surface area contributed by atoms with Gasteiger partial charge in [-0.1, -0.05) is 25.1 Å². The fraction of sp³-hybridized carbons (Fsp3) is 0.542. The Kier molecular flexibility index (Phi) is 9.50. The number of aliphatic hydroxyl groups is 2. The summed E-state index contributed by atoms with van der Waals surface area (Å²) >= 11 is 0. The molecule has 1 fully saturated rings. The van der Waals surface area contributed by atoms with E-state index in [4.69, 9.17) is 18.5 Å². The smallest absolute Gasteiger partial charge is 0.380 e. The number of hydrogen-bond acceptors (Lipinski definition) is 10. The molecule has 0 bridgehead atoms. The van der Waals surface area contributed by atoms with E-state index in [1.165, 1.54) is 26.0 Å². The number of hydrogen-bond donors (Lipinski definition) is 3.